The highest BCUT2D eigenvalue weighted by molar-refractivity contribution is 5.93. The Morgan fingerprint density at radius 3 is 2.44 bits per heavy atom. The molecule has 2 aromatic rings. The maximum Gasteiger partial charge on any atom is 0.223 e. The van der Waals surface area contributed by atoms with E-state index >= 15 is 0 Å². The zero-order chi connectivity index (χ0) is 17.8. The molecule has 25 heavy (non-hydrogen) atoms. The first-order valence-electron chi connectivity index (χ1n) is 8.94. The molecule has 1 aliphatic rings. The molecule has 0 aromatic heterocycles. The molecule has 3 rings (SSSR count). The number of amides is 1. The van der Waals surface area contributed by atoms with Crippen LogP contribution in [0.15, 0.2) is 42.5 Å². The van der Waals surface area contributed by atoms with Crippen LogP contribution in [0.4, 0.5) is 5.69 Å². The number of rotatable bonds is 5. The molecule has 1 heterocycles. The molecular formula is C21H27N3O. The number of fused-ring (bicyclic) bond motifs is 1. The van der Waals surface area contributed by atoms with E-state index in [1.807, 2.05) is 19.0 Å². The molecule has 0 saturated heterocycles. The zero-order valence-electron chi connectivity index (χ0n) is 15.3. The van der Waals surface area contributed by atoms with Crippen LogP contribution >= 0.6 is 0 Å². The molecule has 0 radical (unpaired) electrons. The van der Waals surface area contributed by atoms with Gasteiger partial charge in [-0.25, -0.2) is 0 Å². The Labute approximate surface area is 150 Å². The highest BCUT2D eigenvalue weighted by Gasteiger charge is 2.27. The molecule has 2 N–H and O–H groups in total. The van der Waals surface area contributed by atoms with Gasteiger partial charge in [-0.05, 0) is 54.9 Å². The first-order chi connectivity index (χ1) is 12.1. The quantitative estimate of drug-likeness (QED) is 0.881. The topological polar surface area (TPSA) is 44.4 Å². The van der Waals surface area contributed by atoms with E-state index in [-0.39, 0.29) is 5.91 Å². The minimum atomic E-state index is 0.119. The summed E-state index contributed by atoms with van der Waals surface area (Å²) in [6, 6.07) is 15.2. The second kappa shape index (κ2) is 7.81. The van der Waals surface area contributed by atoms with Crippen molar-refractivity contribution >= 4 is 11.6 Å². The van der Waals surface area contributed by atoms with Crippen molar-refractivity contribution in [3.63, 3.8) is 0 Å². The molecule has 1 unspecified atom stereocenters. The van der Waals surface area contributed by atoms with Crippen molar-refractivity contribution in [2.45, 2.75) is 25.8 Å². The van der Waals surface area contributed by atoms with E-state index in [2.05, 4.69) is 53.1 Å². The Morgan fingerprint density at radius 2 is 1.80 bits per heavy atom. The monoisotopic (exact) mass is 337 g/mol. The van der Waals surface area contributed by atoms with Crippen LogP contribution in [0.1, 0.15) is 30.4 Å². The number of benzene rings is 2. The van der Waals surface area contributed by atoms with Crippen LogP contribution in [-0.2, 0) is 11.3 Å². The molecule has 2 aromatic carbocycles. The molecule has 0 bridgehead atoms. The third kappa shape index (κ3) is 3.75. The van der Waals surface area contributed by atoms with Gasteiger partial charge in [0.05, 0.1) is 0 Å². The van der Waals surface area contributed by atoms with Crippen LogP contribution < -0.4 is 15.5 Å². The summed E-state index contributed by atoms with van der Waals surface area (Å²) in [5.41, 5.74) is 6.04. The molecule has 0 saturated carbocycles. The van der Waals surface area contributed by atoms with Gasteiger partial charge in [0.1, 0.15) is 0 Å². The van der Waals surface area contributed by atoms with Crippen LogP contribution in [-0.4, -0.2) is 33.1 Å². The van der Waals surface area contributed by atoms with E-state index in [1.54, 1.807) is 6.92 Å². The second-order valence-electron chi connectivity index (χ2n) is 6.71. The summed E-state index contributed by atoms with van der Waals surface area (Å²) in [6.07, 6.45) is 0.998. The van der Waals surface area contributed by atoms with Crippen LogP contribution in [0.3, 0.4) is 0 Å². The van der Waals surface area contributed by atoms with Crippen molar-refractivity contribution < 1.29 is 4.79 Å². The van der Waals surface area contributed by atoms with Crippen LogP contribution in [0, 0.1) is 0 Å². The summed E-state index contributed by atoms with van der Waals surface area (Å²) >= 11 is 0. The van der Waals surface area contributed by atoms with Gasteiger partial charge >= 0.3 is 0 Å². The molecule has 4 heteroatoms. The second-order valence-corrected chi connectivity index (χ2v) is 6.71. The van der Waals surface area contributed by atoms with Crippen molar-refractivity contribution in [2.75, 3.05) is 32.1 Å². The van der Waals surface area contributed by atoms with Gasteiger partial charge in [-0.3, -0.25) is 4.79 Å². The van der Waals surface area contributed by atoms with Crippen LogP contribution in [0.25, 0.3) is 11.1 Å². The number of likely N-dealkylation sites (N-methyl/N-ethyl adjacent to an activating group) is 1. The van der Waals surface area contributed by atoms with Gasteiger partial charge < -0.3 is 15.5 Å². The van der Waals surface area contributed by atoms with Crippen LogP contribution in [0.5, 0.6) is 0 Å². The lowest BCUT2D eigenvalue weighted by molar-refractivity contribution is -0.116. The predicted molar refractivity (Wildman–Crippen MR) is 104 cm³/mol. The minimum absolute atomic E-state index is 0.119. The number of hydrogen-bond donors (Lipinski definition) is 2. The lowest BCUT2D eigenvalue weighted by atomic mass is 9.87. The summed E-state index contributed by atoms with van der Waals surface area (Å²) in [7, 11) is 3.95. The average Bonchev–Trinajstić information content (AvgIpc) is 2.62. The van der Waals surface area contributed by atoms with Gasteiger partial charge in [-0.2, -0.15) is 0 Å². The molecule has 1 atom stereocenters. The lowest BCUT2D eigenvalue weighted by Crippen LogP contribution is -2.37. The van der Waals surface area contributed by atoms with Gasteiger partial charge in [-0.1, -0.05) is 30.3 Å². The standard InChI is InChI=1S/C21H27N3O/c1-15(25)24-11-10-19(14-23-3)20-12-18(8-9-21(20)24)17-6-4-16(5-7-17)13-22-2/h4-9,12,19,22-23H,10-11,13-14H2,1-3H3. The first-order valence-corrected chi connectivity index (χ1v) is 8.94. The Bertz CT molecular complexity index is 739. The number of nitrogens with zero attached hydrogens (tertiary/aromatic N) is 1. The van der Waals surface area contributed by atoms with Crippen molar-refractivity contribution in [2.24, 2.45) is 0 Å². The fourth-order valence-corrected chi connectivity index (χ4v) is 3.67. The van der Waals surface area contributed by atoms with Gasteiger partial charge in [0.15, 0.2) is 0 Å². The number of hydrogen-bond acceptors (Lipinski definition) is 3. The lowest BCUT2D eigenvalue weighted by Gasteiger charge is -2.34. The smallest absolute Gasteiger partial charge is 0.223 e. The van der Waals surface area contributed by atoms with E-state index in [0.29, 0.717) is 5.92 Å². The van der Waals surface area contributed by atoms with Crippen molar-refractivity contribution in [3.05, 3.63) is 53.6 Å². The number of carbonyl (C=O) groups is 1. The molecule has 0 aliphatic carbocycles. The summed E-state index contributed by atoms with van der Waals surface area (Å²) in [5.74, 6) is 0.562. The Balaban J connectivity index is 1.97. The summed E-state index contributed by atoms with van der Waals surface area (Å²) in [4.78, 5) is 13.9. The molecule has 0 fully saturated rings. The van der Waals surface area contributed by atoms with Crippen molar-refractivity contribution in [3.8, 4) is 11.1 Å². The molecule has 0 spiro atoms. The summed E-state index contributed by atoms with van der Waals surface area (Å²) in [6.45, 7) is 4.26. The van der Waals surface area contributed by atoms with Crippen LogP contribution in [0.2, 0.25) is 0 Å². The van der Waals surface area contributed by atoms with Crippen molar-refractivity contribution in [1.82, 2.24) is 10.6 Å². The highest BCUT2D eigenvalue weighted by atomic mass is 16.2. The first kappa shape index (κ1) is 17.6. The van der Waals surface area contributed by atoms with E-state index in [1.165, 1.54) is 22.3 Å². The number of carbonyl (C=O) groups excluding carboxylic acids is 1. The van der Waals surface area contributed by atoms with Gasteiger partial charge in [0.25, 0.3) is 0 Å². The molecular weight excluding hydrogens is 310 g/mol. The normalized spacial score (nSPS) is 16.6. The van der Waals surface area contributed by atoms with Gasteiger partial charge in [-0.15, -0.1) is 0 Å². The highest BCUT2D eigenvalue weighted by Crippen LogP contribution is 2.38. The number of anilines is 1. The fraction of sp³-hybridized carbons (Fsp3) is 0.381. The Kier molecular flexibility index (Phi) is 5.51. The van der Waals surface area contributed by atoms with Gasteiger partial charge in [0, 0.05) is 38.2 Å². The third-order valence-corrected chi connectivity index (χ3v) is 4.96. The van der Waals surface area contributed by atoms with E-state index in [0.717, 1.165) is 31.7 Å². The zero-order valence-corrected chi connectivity index (χ0v) is 15.3. The number of nitrogens with one attached hydrogen (secondary N) is 2. The minimum Gasteiger partial charge on any atom is -0.319 e. The SMILES string of the molecule is CNCc1ccc(-c2ccc3c(c2)C(CNC)CCN3C(C)=O)cc1. The van der Waals surface area contributed by atoms with Crippen molar-refractivity contribution in [1.29, 1.82) is 0 Å². The maximum absolute atomic E-state index is 12.0. The van der Waals surface area contributed by atoms with E-state index in [4.69, 9.17) is 0 Å². The average molecular weight is 337 g/mol. The Hall–Kier alpha value is -2.17. The van der Waals surface area contributed by atoms with E-state index in [9.17, 15) is 4.79 Å². The fourth-order valence-electron chi connectivity index (χ4n) is 3.67. The molecule has 132 valence electrons. The largest absolute Gasteiger partial charge is 0.319 e. The third-order valence-electron chi connectivity index (χ3n) is 4.96. The molecule has 1 amide bonds. The molecule has 4 nitrogen and oxygen atoms in total. The van der Waals surface area contributed by atoms with E-state index < -0.39 is 0 Å². The summed E-state index contributed by atoms with van der Waals surface area (Å²) in [5, 5.41) is 6.47. The van der Waals surface area contributed by atoms with Gasteiger partial charge in [0.2, 0.25) is 5.91 Å². The molecule has 1 aliphatic heterocycles. The Morgan fingerprint density at radius 1 is 1.08 bits per heavy atom. The summed E-state index contributed by atoms with van der Waals surface area (Å²) < 4.78 is 0. The predicted octanol–water partition coefficient (Wildman–Crippen LogP) is 3.13. The maximum atomic E-state index is 12.0.